The summed E-state index contributed by atoms with van der Waals surface area (Å²) in [6, 6.07) is 0.0786. The van der Waals surface area contributed by atoms with Crippen molar-refractivity contribution in [1.82, 2.24) is 9.97 Å². The molecule has 1 fully saturated rings. The highest BCUT2D eigenvalue weighted by Gasteiger charge is 2.22. The largest absolute Gasteiger partial charge is 0.391 e. The molecule has 1 aromatic rings. The second-order valence-corrected chi connectivity index (χ2v) is 3.93. The van der Waals surface area contributed by atoms with Crippen molar-refractivity contribution >= 4 is 11.6 Å². The molecule has 1 aliphatic rings. The van der Waals surface area contributed by atoms with Crippen LogP contribution in [0.25, 0.3) is 0 Å². The third-order valence-corrected chi connectivity index (χ3v) is 2.72. The average Bonchev–Trinajstić information content (AvgIpc) is 2.22. The zero-order valence-electron chi connectivity index (χ0n) is 8.56. The number of nitrogens with zero attached hydrogens (tertiary/aromatic N) is 2. The van der Waals surface area contributed by atoms with E-state index in [1.54, 1.807) is 6.20 Å². The van der Waals surface area contributed by atoms with Gasteiger partial charge in [0.15, 0.2) is 0 Å². The van der Waals surface area contributed by atoms with Crippen LogP contribution in [0.4, 0.5) is 11.6 Å². The molecule has 0 spiro atoms. The fourth-order valence-corrected chi connectivity index (χ4v) is 1.92. The van der Waals surface area contributed by atoms with Gasteiger partial charge in [-0.1, -0.05) is 12.8 Å². The maximum Gasteiger partial charge on any atom is 0.147 e. The van der Waals surface area contributed by atoms with E-state index in [0.29, 0.717) is 11.6 Å². The topological polar surface area (TPSA) is 84.1 Å². The first-order chi connectivity index (χ1) is 7.25. The Hall–Kier alpha value is -1.36. The zero-order valence-corrected chi connectivity index (χ0v) is 8.56. The van der Waals surface area contributed by atoms with Crippen molar-refractivity contribution in [3.8, 4) is 0 Å². The van der Waals surface area contributed by atoms with Gasteiger partial charge < -0.3 is 16.2 Å². The number of anilines is 2. The molecule has 0 amide bonds. The number of hydrogen-bond acceptors (Lipinski definition) is 5. The summed E-state index contributed by atoms with van der Waals surface area (Å²) < 4.78 is 0. The fraction of sp³-hybridized carbons (Fsp3) is 0.600. The summed E-state index contributed by atoms with van der Waals surface area (Å²) in [7, 11) is 0. The summed E-state index contributed by atoms with van der Waals surface area (Å²) in [4.78, 5) is 8.04. The van der Waals surface area contributed by atoms with Crippen LogP contribution in [0.1, 0.15) is 25.7 Å². The molecule has 82 valence electrons. The van der Waals surface area contributed by atoms with Gasteiger partial charge in [0.25, 0.3) is 0 Å². The predicted molar refractivity (Wildman–Crippen MR) is 58.3 cm³/mol. The van der Waals surface area contributed by atoms with Gasteiger partial charge in [0.2, 0.25) is 0 Å². The van der Waals surface area contributed by atoms with Crippen LogP contribution in [-0.4, -0.2) is 27.2 Å². The molecule has 4 N–H and O–H groups in total. The van der Waals surface area contributed by atoms with Crippen molar-refractivity contribution in [1.29, 1.82) is 0 Å². The second-order valence-electron chi connectivity index (χ2n) is 3.93. The van der Waals surface area contributed by atoms with Crippen molar-refractivity contribution in [3.05, 3.63) is 12.4 Å². The lowest BCUT2D eigenvalue weighted by Crippen LogP contribution is -2.36. The molecule has 0 aromatic carbocycles. The SMILES string of the molecule is Nc1cncc(NC2CCCCC2O)n1. The minimum absolute atomic E-state index is 0.0786. The molecule has 1 saturated carbocycles. The maximum atomic E-state index is 9.76. The van der Waals surface area contributed by atoms with Crippen molar-refractivity contribution in [3.63, 3.8) is 0 Å². The number of nitrogens with two attached hydrogens (primary N) is 1. The maximum absolute atomic E-state index is 9.76. The van der Waals surface area contributed by atoms with Crippen LogP contribution >= 0.6 is 0 Å². The molecule has 1 heterocycles. The predicted octanol–water partition coefficient (Wildman–Crippen LogP) is 0.774. The summed E-state index contributed by atoms with van der Waals surface area (Å²) in [6.45, 7) is 0. The van der Waals surface area contributed by atoms with E-state index in [1.165, 1.54) is 6.20 Å². The third kappa shape index (κ3) is 2.56. The molecule has 5 heteroatoms. The molecule has 15 heavy (non-hydrogen) atoms. The fourth-order valence-electron chi connectivity index (χ4n) is 1.92. The molecular weight excluding hydrogens is 192 g/mol. The monoisotopic (exact) mass is 208 g/mol. The van der Waals surface area contributed by atoms with E-state index < -0.39 is 0 Å². The molecule has 0 aliphatic heterocycles. The van der Waals surface area contributed by atoms with Crippen LogP contribution < -0.4 is 11.1 Å². The number of rotatable bonds is 2. The van der Waals surface area contributed by atoms with Crippen LogP contribution in [0, 0.1) is 0 Å². The van der Waals surface area contributed by atoms with E-state index in [2.05, 4.69) is 15.3 Å². The summed E-state index contributed by atoms with van der Waals surface area (Å²) in [6.07, 6.45) is 6.90. The molecule has 2 unspecified atom stereocenters. The lowest BCUT2D eigenvalue weighted by molar-refractivity contribution is 0.116. The number of aromatic nitrogens is 2. The normalized spacial score (nSPS) is 26.2. The van der Waals surface area contributed by atoms with E-state index in [4.69, 9.17) is 5.73 Å². The molecule has 0 bridgehead atoms. The molecule has 0 radical (unpaired) electrons. The van der Waals surface area contributed by atoms with Gasteiger partial charge in [-0.05, 0) is 12.8 Å². The van der Waals surface area contributed by atoms with Crippen LogP contribution in [-0.2, 0) is 0 Å². The van der Waals surface area contributed by atoms with Gasteiger partial charge in [0, 0.05) is 0 Å². The van der Waals surface area contributed by atoms with Crippen molar-refractivity contribution in [2.24, 2.45) is 0 Å². The first-order valence-electron chi connectivity index (χ1n) is 5.28. The molecule has 5 nitrogen and oxygen atoms in total. The Labute approximate surface area is 88.7 Å². The van der Waals surface area contributed by atoms with Crippen LogP contribution in [0.2, 0.25) is 0 Å². The van der Waals surface area contributed by atoms with Crippen LogP contribution in [0.5, 0.6) is 0 Å². The third-order valence-electron chi connectivity index (χ3n) is 2.72. The molecule has 1 aromatic heterocycles. The van der Waals surface area contributed by atoms with Gasteiger partial charge in [0.1, 0.15) is 11.6 Å². The van der Waals surface area contributed by atoms with Crippen LogP contribution in [0.15, 0.2) is 12.4 Å². The molecular formula is C10H16N4O. The Morgan fingerprint density at radius 2 is 2.13 bits per heavy atom. The second kappa shape index (κ2) is 4.44. The Kier molecular flexibility index (Phi) is 3.01. The average molecular weight is 208 g/mol. The Morgan fingerprint density at radius 3 is 2.87 bits per heavy atom. The van der Waals surface area contributed by atoms with Crippen molar-refractivity contribution in [2.45, 2.75) is 37.8 Å². The molecule has 0 saturated heterocycles. The lowest BCUT2D eigenvalue weighted by atomic mass is 9.93. The number of nitrogens with one attached hydrogen (secondary N) is 1. The highest BCUT2D eigenvalue weighted by atomic mass is 16.3. The first kappa shape index (κ1) is 10.2. The van der Waals surface area contributed by atoms with Crippen molar-refractivity contribution in [2.75, 3.05) is 11.1 Å². The van der Waals surface area contributed by atoms with Gasteiger partial charge >= 0.3 is 0 Å². The molecule has 1 aliphatic carbocycles. The first-order valence-corrected chi connectivity index (χ1v) is 5.28. The van der Waals surface area contributed by atoms with E-state index in [0.717, 1.165) is 25.7 Å². The van der Waals surface area contributed by atoms with E-state index in [-0.39, 0.29) is 12.1 Å². The number of aliphatic hydroxyl groups is 1. The number of aliphatic hydroxyl groups excluding tert-OH is 1. The van der Waals surface area contributed by atoms with Gasteiger partial charge in [-0.2, -0.15) is 0 Å². The van der Waals surface area contributed by atoms with Gasteiger partial charge in [-0.3, -0.25) is 4.98 Å². The highest BCUT2D eigenvalue weighted by molar-refractivity contribution is 5.39. The van der Waals surface area contributed by atoms with Crippen molar-refractivity contribution < 1.29 is 5.11 Å². The van der Waals surface area contributed by atoms with E-state index in [9.17, 15) is 5.11 Å². The minimum Gasteiger partial charge on any atom is -0.391 e. The summed E-state index contributed by atoms with van der Waals surface area (Å²) in [5, 5.41) is 12.9. The summed E-state index contributed by atoms with van der Waals surface area (Å²) >= 11 is 0. The Balaban J connectivity index is 2.01. The molecule has 2 rings (SSSR count). The quantitative estimate of drug-likeness (QED) is 0.668. The highest BCUT2D eigenvalue weighted by Crippen LogP contribution is 2.21. The molecule has 2 atom stereocenters. The Bertz CT molecular complexity index is 331. The summed E-state index contributed by atoms with van der Waals surface area (Å²) in [5.74, 6) is 1.03. The van der Waals surface area contributed by atoms with Crippen LogP contribution in [0.3, 0.4) is 0 Å². The van der Waals surface area contributed by atoms with Gasteiger partial charge in [0.05, 0.1) is 24.5 Å². The lowest BCUT2D eigenvalue weighted by Gasteiger charge is -2.28. The minimum atomic E-state index is -0.290. The Morgan fingerprint density at radius 1 is 1.33 bits per heavy atom. The standard InChI is InChI=1S/C10H16N4O/c11-9-5-12-6-10(14-9)13-7-3-1-2-4-8(7)15/h5-8,15H,1-4H2,(H3,11,13,14). The van der Waals surface area contributed by atoms with E-state index >= 15 is 0 Å². The smallest absolute Gasteiger partial charge is 0.147 e. The summed E-state index contributed by atoms with van der Waals surface area (Å²) in [5.41, 5.74) is 5.52. The zero-order chi connectivity index (χ0) is 10.7. The number of hydrogen-bond donors (Lipinski definition) is 3. The van der Waals surface area contributed by atoms with Gasteiger partial charge in [-0.25, -0.2) is 4.98 Å². The van der Waals surface area contributed by atoms with Gasteiger partial charge in [-0.15, -0.1) is 0 Å². The van der Waals surface area contributed by atoms with E-state index in [1.807, 2.05) is 0 Å². The number of nitrogen functional groups attached to an aromatic ring is 1.